The number of carbonyl (C=O) groups excluding carboxylic acids is 2. The van der Waals surface area contributed by atoms with Gasteiger partial charge in [0.1, 0.15) is 17.2 Å². The summed E-state index contributed by atoms with van der Waals surface area (Å²) in [5.74, 6) is -0.539. The molecule has 0 radical (unpaired) electrons. The van der Waals surface area contributed by atoms with E-state index in [1.54, 1.807) is 49.4 Å². The molecule has 7 heteroatoms. The second-order valence-electron chi connectivity index (χ2n) is 8.82. The van der Waals surface area contributed by atoms with Gasteiger partial charge < -0.3 is 26.0 Å². The Kier molecular flexibility index (Phi) is 8.53. The smallest absolute Gasteiger partial charge is 0.255 e. The van der Waals surface area contributed by atoms with E-state index < -0.39 is 0 Å². The highest BCUT2D eigenvalue weighted by molar-refractivity contribution is 6.05. The Labute approximate surface area is 216 Å². The van der Waals surface area contributed by atoms with Gasteiger partial charge in [-0.05, 0) is 81.3 Å². The van der Waals surface area contributed by atoms with Crippen molar-refractivity contribution in [2.75, 3.05) is 10.6 Å². The highest BCUT2D eigenvalue weighted by atomic mass is 16.3. The van der Waals surface area contributed by atoms with Crippen molar-refractivity contribution >= 4 is 23.2 Å². The number of hydrogen-bond acceptors (Lipinski definition) is 5. The lowest BCUT2D eigenvalue weighted by atomic mass is 10.1. The van der Waals surface area contributed by atoms with Crippen molar-refractivity contribution in [2.45, 2.75) is 27.7 Å². The number of benzene rings is 4. The quantitative estimate of drug-likeness (QED) is 0.169. The van der Waals surface area contributed by atoms with Crippen molar-refractivity contribution in [3.05, 3.63) is 112 Å². The molecule has 0 aliphatic carbocycles. The number of carbonyl (C=O) groups is 2. The van der Waals surface area contributed by atoms with Gasteiger partial charge in [-0.25, -0.2) is 0 Å². The van der Waals surface area contributed by atoms with Crippen molar-refractivity contribution in [3.8, 4) is 17.2 Å². The van der Waals surface area contributed by atoms with Crippen LogP contribution in [-0.2, 0) is 0 Å². The molecular formula is C30H30N2O5. The van der Waals surface area contributed by atoms with E-state index >= 15 is 0 Å². The van der Waals surface area contributed by atoms with Gasteiger partial charge in [0.15, 0.2) is 0 Å². The molecule has 37 heavy (non-hydrogen) atoms. The van der Waals surface area contributed by atoms with Crippen molar-refractivity contribution in [1.82, 2.24) is 0 Å². The Bertz CT molecular complexity index is 1410. The topological polar surface area (TPSA) is 119 Å². The van der Waals surface area contributed by atoms with Gasteiger partial charge in [0.05, 0.1) is 11.4 Å². The Morgan fingerprint density at radius 3 is 1.43 bits per heavy atom. The molecular weight excluding hydrogens is 468 g/mol. The van der Waals surface area contributed by atoms with E-state index in [1.807, 2.05) is 45.0 Å². The number of phenols is 3. The summed E-state index contributed by atoms with van der Waals surface area (Å²) in [6.07, 6.45) is 0. The van der Waals surface area contributed by atoms with Crippen LogP contribution in [0.15, 0.2) is 78.9 Å². The van der Waals surface area contributed by atoms with Crippen LogP contribution >= 0.6 is 0 Å². The third-order valence-corrected chi connectivity index (χ3v) is 5.59. The molecule has 4 aromatic carbocycles. The zero-order chi connectivity index (χ0) is 27.1. The van der Waals surface area contributed by atoms with Gasteiger partial charge in [0, 0.05) is 17.2 Å². The minimum atomic E-state index is -0.335. The maximum Gasteiger partial charge on any atom is 0.255 e. The number of amides is 2. The molecule has 0 aliphatic heterocycles. The number of rotatable bonds is 4. The maximum absolute atomic E-state index is 12.0. The molecule has 7 nitrogen and oxygen atoms in total. The average Bonchev–Trinajstić information content (AvgIpc) is 2.86. The predicted octanol–water partition coefficient (Wildman–Crippen LogP) is 6.23. The molecule has 0 unspecified atom stereocenters. The van der Waals surface area contributed by atoms with Crippen LogP contribution in [0.2, 0.25) is 0 Å². The van der Waals surface area contributed by atoms with Crippen LogP contribution in [0.5, 0.6) is 17.2 Å². The largest absolute Gasteiger partial charge is 0.508 e. The van der Waals surface area contributed by atoms with Crippen molar-refractivity contribution < 1.29 is 24.9 Å². The van der Waals surface area contributed by atoms with Gasteiger partial charge in [-0.1, -0.05) is 41.5 Å². The highest BCUT2D eigenvalue weighted by Crippen LogP contribution is 2.31. The van der Waals surface area contributed by atoms with Crippen LogP contribution < -0.4 is 10.6 Å². The van der Waals surface area contributed by atoms with E-state index in [9.17, 15) is 24.9 Å². The molecule has 4 aromatic rings. The summed E-state index contributed by atoms with van der Waals surface area (Å²) in [7, 11) is 0. The Hall–Kier alpha value is -4.78. The van der Waals surface area contributed by atoms with E-state index in [-0.39, 0.29) is 34.8 Å². The van der Waals surface area contributed by atoms with Crippen molar-refractivity contribution in [3.63, 3.8) is 0 Å². The van der Waals surface area contributed by atoms with Crippen LogP contribution in [0, 0.1) is 27.7 Å². The summed E-state index contributed by atoms with van der Waals surface area (Å²) in [6.45, 7) is 7.47. The van der Waals surface area contributed by atoms with Gasteiger partial charge in [0.25, 0.3) is 11.8 Å². The summed E-state index contributed by atoms with van der Waals surface area (Å²) in [5, 5.41) is 34.2. The van der Waals surface area contributed by atoms with Crippen molar-refractivity contribution in [1.29, 1.82) is 0 Å². The number of phenolic OH excluding ortho intramolecular Hbond substituents is 3. The lowest BCUT2D eigenvalue weighted by Gasteiger charge is -2.09. The van der Waals surface area contributed by atoms with E-state index in [0.717, 1.165) is 16.7 Å². The molecule has 0 spiro atoms. The molecule has 5 N–H and O–H groups in total. The van der Waals surface area contributed by atoms with E-state index in [0.29, 0.717) is 22.4 Å². The third-order valence-electron chi connectivity index (χ3n) is 5.59. The van der Waals surface area contributed by atoms with Crippen LogP contribution in [0.4, 0.5) is 11.4 Å². The lowest BCUT2D eigenvalue weighted by Crippen LogP contribution is -2.11. The first kappa shape index (κ1) is 26.8. The summed E-state index contributed by atoms with van der Waals surface area (Å²) in [4.78, 5) is 23.9. The molecule has 0 bridgehead atoms. The summed E-state index contributed by atoms with van der Waals surface area (Å²) in [6, 6.07) is 22.2. The summed E-state index contributed by atoms with van der Waals surface area (Å²) in [5.41, 5.74) is 5.37. The fourth-order valence-electron chi connectivity index (χ4n) is 3.33. The molecule has 0 atom stereocenters. The molecule has 0 heterocycles. The summed E-state index contributed by atoms with van der Waals surface area (Å²) >= 11 is 0. The molecule has 190 valence electrons. The molecule has 0 fully saturated rings. The van der Waals surface area contributed by atoms with Gasteiger partial charge in [-0.2, -0.15) is 0 Å². The minimum Gasteiger partial charge on any atom is -0.508 e. The molecule has 2 amide bonds. The number of nitrogens with one attached hydrogen (secondary N) is 2. The zero-order valence-electron chi connectivity index (χ0n) is 21.2. The Balaban J connectivity index is 0.000000206. The van der Waals surface area contributed by atoms with Crippen LogP contribution in [-0.4, -0.2) is 27.1 Å². The molecule has 4 rings (SSSR count). The average molecular weight is 499 g/mol. The van der Waals surface area contributed by atoms with E-state index in [4.69, 9.17) is 0 Å². The molecule has 0 saturated carbocycles. The monoisotopic (exact) mass is 498 g/mol. The predicted molar refractivity (Wildman–Crippen MR) is 146 cm³/mol. The van der Waals surface area contributed by atoms with Gasteiger partial charge >= 0.3 is 0 Å². The lowest BCUT2D eigenvalue weighted by molar-refractivity contribution is 0.101. The van der Waals surface area contributed by atoms with Gasteiger partial charge in [-0.15, -0.1) is 0 Å². The Morgan fingerprint density at radius 2 is 0.946 bits per heavy atom. The first-order valence-electron chi connectivity index (χ1n) is 11.6. The number of anilines is 2. The van der Waals surface area contributed by atoms with Gasteiger partial charge in [-0.3, -0.25) is 9.59 Å². The van der Waals surface area contributed by atoms with Gasteiger partial charge in [0.2, 0.25) is 0 Å². The maximum atomic E-state index is 12.0. The second-order valence-corrected chi connectivity index (χ2v) is 8.82. The summed E-state index contributed by atoms with van der Waals surface area (Å²) < 4.78 is 0. The molecule has 0 aromatic heterocycles. The van der Waals surface area contributed by atoms with Crippen molar-refractivity contribution in [2.24, 2.45) is 0 Å². The fourth-order valence-corrected chi connectivity index (χ4v) is 3.33. The van der Waals surface area contributed by atoms with Crippen LogP contribution in [0.1, 0.15) is 43.0 Å². The third kappa shape index (κ3) is 7.35. The number of aryl methyl sites for hydroxylation is 4. The SMILES string of the molecule is Cc1ccc(C(=O)Nc2cc(C)ccc2O)cc1.Cc1ccc(C(=O)Nc2cc(O)c(C)cc2O)cc1. The zero-order valence-corrected chi connectivity index (χ0v) is 21.2. The molecule has 0 aliphatic rings. The normalized spacial score (nSPS) is 10.2. The van der Waals surface area contributed by atoms with Crippen LogP contribution in [0.25, 0.3) is 0 Å². The highest BCUT2D eigenvalue weighted by Gasteiger charge is 2.11. The second kappa shape index (κ2) is 11.8. The minimum absolute atomic E-state index is 0.0250. The standard InChI is InChI=1S/C15H15NO3.C15H15NO2/c1-9-3-5-11(6-4-9)15(19)16-12-8-13(17)10(2)7-14(12)18;1-10-3-6-12(7-4-10)15(18)16-13-9-11(2)5-8-14(13)17/h3-8,17-18H,1-2H3,(H,16,19);3-9,17H,1-2H3,(H,16,18). The van der Waals surface area contributed by atoms with E-state index in [2.05, 4.69) is 10.6 Å². The first-order chi connectivity index (χ1) is 17.5. The fraction of sp³-hybridized carbons (Fsp3) is 0.133. The van der Waals surface area contributed by atoms with Crippen LogP contribution in [0.3, 0.4) is 0 Å². The molecule has 0 saturated heterocycles. The number of hydrogen-bond donors (Lipinski definition) is 5. The Morgan fingerprint density at radius 1 is 0.514 bits per heavy atom. The first-order valence-corrected chi connectivity index (χ1v) is 11.6. The number of aromatic hydroxyl groups is 3. The van der Waals surface area contributed by atoms with E-state index in [1.165, 1.54) is 12.1 Å².